The molecule has 0 aromatic carbocycles. The Morgan fingerprint density at radius 3 is 2.11 bits per heavy atom. The molecule has 0 spiro atoms. The number of aromatic nitrogens is 4. The molecule has 0 amide bonds. The van der Waals surface area contributed by atoms with E-state index in [1.807, 2.05) is 0 Å². The number of H-pyrrole nitrogens is 2. The minimum atomic E-state index is -4.13. The number of hydrogen-bond donors (Lipinski definition) is 5. The minimum absolute atomic E-state index is 0.00498. The van der Waals surface area contributed by atoms with E-state index >= 15 is 0 Å². The van der Waals surface area contributed by atoms with Gasteiger partial charge >= 0.3 is 18.5 Å². The van der Waals surface area contributed by atoms with Gasteiger partial charge in [0, 0.05) is 36.4 Å². The van der Waals surface area contributed by atoms with E-state index in [1.165, 1.54) is 26.2 Å². The first-order valence-electron chi connectivity index (χ1n) is 11.7. The second kappa shape index (κ2) is 11.3. The van der Waals surface area contributed by atoms with Gasteiger partial charge in [-0.3, -0.25) is 28.7 Å². The van der Waals surface area contributed by atoms with Crippen LogP contribution in [0.15, 0.2) is 31.6 Å². The molecule has 6 N–H and O–H groups in total. The van der Waals surface area contributed by atoms with E-state index < -0.39 is 80.4 Å². The number of ether oxygens (including phenoxy) is 2. The molecule has 207 valence electrons. The third kappa shape index (κ3) is 5.90. The molecule has 2 aromatic heterocycles. The number of rotatable bonds is 9. The van der Waals surface area contributed by atoms with Crippen LogP contribution in [-0.2, 0) is 18.5 Å². The van der Waals surface area contributed by atoms with Crippen LogP contribution in [0.2, 0.25) is 0 Å². The van der Waals surface area contributed by atoms with Crippen LogP contribution < -0.4 is 33.0 Å². The van der Waals surface area contributed by atoms with Crippen molar-refractivity contribution in [2.45, 2.75) is 63.6 Å². The molecule has 0 aliphatic carbocycles. The lowest BCUT2D eigenvalue weighted by Crippen LogP contribution is -2.37. The zero-order valence-corrected chi connectivity index (χ0v) is 21.4. The Bertz CT molecular complexity index is 1390. The second-order valence-corrected chi connectivity index (χ2v) is 10.9. The van der Waals surface area contributed by atoms with Crippen LogP contribution in [-0.4, -0.2) is 74.1 Å². The van der Waals surface area contributed by atoms with E-state index in [1.54, 1.807) is 0 Å². The maximum absolute atomic E-state index is 13.2. The summed E-state index contributed by atoms with van der Waals surface area (Å²) in [4.78, 5) is 65.2. The zero-order valence-electron chi connectivity index (χ0n) is 20.5. The first-order valence-corrected chi connectivity index (χ1v) is 13.3. The summed E-state index contributed by atoms with van der Waals surface area (Å²) in [5.74, 6) is 0. The summed E-state index contributed by atoms with van der Waals surface area (Å²) >= 11 is 0. The third-order valence-electron chi connectivity index (χ3n) is 6.36. The highest BCUT2D eigenvalue weighted by atomic mass is 31.2. The SMILES string of the molecule is Cc1cn([C@H]2C[C@H](O[P+]([O-])([B]N)OC[C@H]3O[C@@H](n4cc(C)c(=O)[nH]c4=O)C[C@@H]3O)[C@@H](CO)O2)c(=O)[nH]c1=O. The highest BCUT2D eigenvalue weighted by molar-refractivity contribution is 7.87. The van der Waals surface area contributed by atoms with Crippen molar-refractivity contribution in [1.82, 2.24) is 19.1 Å². The van der Waals surface area contributed by atoms with Crippen LogP contribution in [0.25, 0.3) is 0 Å². The Kier molecular flexibility index (Phi) is 8.51. The maximum Gasteiger partial charge on any atom is 0.518 e. The van der Waals surface area contributed by atoms with Crippen LogP contribution >= 0.6 is 7.82 Å². The molecule has 38 heavy (non-hydrogen) atoms. The monoisotopic (exact) mass is 556 g/mol. The number of aryl methyl sites for hydroxylation is 2. The molecule has 0 saturated carbocycles. The van der Waals surface area contributed by atoms with E-state index in [0.29, 0.717) is 7.13 Å². The van der Waals surface area contributed by atoms with Crippen LogP contribution in [0.3, 0.4) is 0 Å². The van der Waals surface area contributed by atoms with Crippen molar-refractivity contribution < 1.29 is 33.6 Å². The highest BCUT2D eigenvalue weighted by Crippen LogP contribution is 2.53. The number of nitrogens with zero attached hydrogens (tertiary/aromatic N) is 2. The first-order chi connectivity index (χ1) is 17.9. The van der Waals surface area contributed by atoms with Crippen molar-refractivity contribution in [3.63, 3.8) is 0 Å². The quantitative estimate of drug-likeness (QED) is 0.151. The summed E-state index contributed by atoms with van der Waals surface area (Å²) in [6, 6.07) is 0. The Balaban J connectivity index is 1.42. The molecule has 2 saturated heterocycles. The summed E-state index contributed by atoms with van der Waals surface area (Å²) in [6.45, 7) is 2.05. The molecule has 2 aliphatic rings. The van der Waals surface area contributed by atoms with Crippen LogP contribution in [0.1, 0.15) is 36.4 Å². The lowest BCUT2D eigenvalue weighted by Gasteiger charge is -2.30. The zero-order chi connectivity index (χ0) is 27.8. The van der Waals surface area contributed by atoms with E-state index in [4.69, 9.17) is 24.2 Å². The van der Waals surface area contributed by atoms with Gasteiger partial charge in [-0.25, -0.2) is 18.6 Å². The van der Waals surface area contributed by atoms with Crippen molar-refractivity contribution in [1.29, 1.82) is 0 Å². The fraction of sp³-hybridized carbons (Fsp3) is 0.600. The fourth-order valence-corrected chi connectivity index (χ4v) is 5.43. The van der Waals surface area contributed by atoms with Crippen molar-refractivity contribution in [3.05, 3.63) is 65.2 Å². The largest absolute Gasteiger partial charge is 0.645 e. The van der Waals surface area contributed by atoms with Crippen molar-refractivity contribution in [2.24, 2.45) is 5.64 Å². The van der Waals surface area contributed by atoms with Crippen LogP contribution in [0.5, 0.6) is 0 Å². The van der Waals surface area contributed by atoms with Crippen molar-refractivity contribution >= 4 is 15.0 Å². The highest BCUT2D eigenvalue weighted by Gasteiger charge is 2.46. The molecule has 18 heteroatoms. The molecule has 2 aromatic rings. The average Bonchev–Trinajstić information content (AvgIpc) is 3.44. The lowest BCUT2D eigenvalue weighted by molar-refractivity contribution is -0.220. The average molecular weight is 556 g/mol. The summed E-state index contributed by atoms with van der Waals surface area (Å²) in [5.41, 5.74) is 3.54. The van der Waals surface area contributed by atoms with E-state index in [-0.39, 0.29) is 24.0 Å². The number of nitrogens with one attached hydrogen (secondary N) is 2. The smallest absolute Gasteiger partial charge is 0.518 e. The van der Waals surface area contributed by atoms with Gasteiger partial charge in [-0.1, -0.05) is 0 Å². The lowest BCUT2D eigenvalue weighted by atomic mass is 10.2. The predicted octanol–water partition coefficient (Wildman–Crippen LogP) is -3.35. The predicted molar refractivity (Wildman–Crippen MR) is 130 cm³/mol. The Labute approximate surface area is 215 Å². The molecule has 1 radical (unpaired) electrons. The summed E-state index contributed by atoms with van der Waals surface area (Å²) in [5, 5.41) is 20.2. The van der Waals surface area contributed by atoms with Gasteiger partial charge < -0.3 is 30.2 Å². The molecule has 1 unspecified atom stereocenters. The van der Waals surface area contributed by atoms with E-state index in [0.717, 1.165) is 9.13 Å². The fourth-order valence-electron chi connectivity index (χ4n) is 4.26. The van der Waals surface area contributed by atoms with Crippen LogP contribution in [0.4, 0.5) is 0 Å². The standard InChI is InChI=1S/C20H28BN5O11P/c1-9-5-25(19(31)23-17(9)29)15-3-11(28)14(36-15)8-34-38(33,21-22)37-12-4-16(35-13(12)7-27)26-6-10(2)18(30)24-20(26)32/h5-6,11-16,27-28H,3-4,7-8,22H2,1-2H3,(H,23,29,31)(H,24,30,32)/t11-,12-,13+,14+,15+,16+,38?/m0/s1. The van der Waals surface area contributed by atoms with Crippen molar-refractivity contribution in [2.75, 3.05) is 13.2 Å². The molecule has 2 fully saturated rings. The Morgan fingerprint density at radius 1 is 1.05 bits per heavy atom. The number of aliphatic hydroxyl groups excluding tert-OH is 2. The van der Waals surface area contributed by atoms with E-state index in [2.05, 4.69) is 9.97 Å². The first kappa shape index (κ1) is 28.5. The van der Waals surface area contributed by atoms with Gasteiger partial charge in [0.25, 0.3) is 11.1 Å². The Morgan fingerprint density at radius 2 is 1.58 bits per heavy atom. The molecule has 16 nitrogen and oxygen atoms in total. The van der Waals surface area contributed by atoms with E-state index in [9.17, 15) is 34.3 Å². The van der Waals surface area contributed by atoms with Gasteiger partial charge in [-0.15, -0.1) is 0 Å². The van der Waals surface area contributed by atoms with Crippen LogP contribution in [0, 0.1) is 13.8 Å². The minimum Gasteiger partial charge on any atom is -0.645 e. The topological polar surface area (TPSA) is 236 Å². The molecule has 7 atom stereocenters. The van der Waals surface area contributed by atoms with Gasteiger partial charge in [0.2, 0.25) is 7.82 Å². The van der Waals surface area contributed by atoms with Crippen molar-refractivity contribution in [3.8, 4) is 0 Å². The third-order valence-corrected chi connectivity index (χ3v) is 7.80. The van der Waals surface area contributed by atoms with Gasteiger partial charge in [-0.05, 0) is 13.8 Å². The summed E-state index contributed by atoms with van der Waals surface area (Å²) in [7, 11) is -3.42. The maximum atomic E-state index is 13.2. The molecule has 4 heterocycles. The van der Waals surface area contributed by atoms with Gasteiger partial charge in [0.05, 0.1) is 12.7 Å². The number of aromatic amines is 2. The second-order valence-electron chi connectivity index (χ2n) is 9.07. The molecular weight excluding hydrogens is 528 g/mol. The molecule has 2 aliphatic heterocycles. The Hall–Kier alpha value is -2.47. The molecule has 0 bridgehead atoms. The number of aliphatic hydroxyl groups is 2. The molecular formula is C20H28BN5O11P. The normalized spacial score (nSPS) is 28.9. The van der Waals surface area contributed by atoms with Gasteiger partial charge in [0.15, 0.2) is 0 Å². The number of nitrogens with two attached hydrogens (primary N) is 1. The van der Waals surface area contributed by atoms with Gasteiger partial charge in [0.1, 0.15) is 37.4 Å². The summed E-state index contributed by atoms with van der Waals surface area (Å²) < 4.78 is 24.6. The summed E-state index contributed by atoms with van der Waals surface area (Å²) in [6.07, 6.45) is -3.40. The number of hydrogen-bond acceptors (Lipinski definition) is 12. The molecule has 4 rings (SSSR count). The van der Waals surface area contributed by atoms with Gasteiger partial charge in [-0.2, -0.15) is 0 Å².